The number of hydrogen-bond acceptors (Lipinski definition) is 4. The largest absolute Gasteiger partial charge is 0.391 e. The van der Waals surface area contributed by atoms with E-state index >= 15 is 0 Å². The molecule has 0 aromatic carbocycles. The number of hydrogen-bond donors (Lipinski definition) is 1. The van der Waals surface area contributed by atoms with Gasteiger partial charge in [-0.05, 0) is 17.8 Å². The van der Waals surface area contributed by atoms with E-state index < -0.39 is 0 Å². The summed E-state index contributed by atoms with van der Waals surface area (Å²) >= 11 is 1.62. The number of aromatic nitrogens is 1. The van der Waals surface area contributed by atoms with E-state index in [4.69, 9.17) is 4.98 Å². The number of thiazole rings is 1. The molecule has 104 valence electrons. The summed E-state index contributed by atoms with van der Waals surface area (Å²) in [4.78, 5) is 7.92. The van der Waals surface area contributed by atoms with Gasteiger partial charge >= 0.3 is 0 Å². The maximum atomic E-state index is 9.44. The van der Waals surface area contributed by atoms with E-state index in [-0.39, 0.29) is 12.0 Å². The summed E-state index contributed by atoms with van der Waals surface area (Å²) in [5, 5.41) is 10.5. The molecule has 1 N–H and O–H groups in total. The minimum Gasteiger partial charge on any atom is -0.391 e. The van der Waals surface area contributed by atoms with Crippen LogP contribution in [-0.2, 0) is 6.61 Å². The zero-order chi connectivity index (χ0) is 13.9. The summed E-state index contributed by atoms with van der Waals surface area (Å²) in [7, 11) is 2.08. The van der Waals surface area contributed by atoms with Gasteiger partial charge in [-0.2, -0.15) is 0 Å². The lowest BCUT2D eigenvalue weighted by Crippen LogP contribution is -2.28. The smallest absolute Gasteiger partial charge is 0.185 e. The predicted octanol–water partition coefficient (Wildman–Crippen LogP) is 3.63. The van der Waals surface area contributed by atoms with Crippen molar-refractivity contribution in [3.63, 3.8) is 0 Å². The van der Waals surface area contributed by atoms with Crippen LogP contribution in [0.25, 0.3) is 0 Å². The Morgan fingerprint density at radius 3 is 2.44 bits per heavy atom. The average molecular weight is 270 g/mol. The van der Waals surface area contributed by atoms with Crippen molar-refractivity contribution >= 4 is 16.5 Å². The fraction of sp³-hybridized carbons (Fsp3) is 0.786. The summed E-state index contributed by atoms with van der Waals surface area (Å²) in [6.07, 6.45) is 1.05. The number of aliphatic hydroxyl groups is 1. The van der Waals surface area contributed by atoms with Crippen molar-refractivity contribution in [2.75, 3.05) is 18.5 Å². The molecule has 0 bridgehead atoms. The van der Waals surface area contributed by atoms with Gasteiger partial charge in [0.15, 0.2) is 5.13 Å². The van der Waals surface area contributed by atoms with E-state index in [1.165, 1.54) is 0 Å². The van der Waals surface area contributed by atoms with Crippen LogP contribution in [0, 0.1) is 5.41 Å². The third kappa shape index (κ3) is 3.95. The second-order valence-corrected chi connectivity index (χ2v) is 7.25. The van der Waals surface area contributed by atoms with Crippen LogP contribution in [0.15, 0.2) is 0 Å². The van der Waals surface area contributed by atoms with E-state index in [1.807, 2.05) is 0 Å². The monoisotopic (exact) mass is 270 g/mol. The lowest BCUT2D eigenvalue weighted by atomic mass is 9.96. The molecule has 0 saturated carbocycles. The number of nitrogens with zero attached hydrogens (tertiary/aromatic N) is 2. The SMILES string of the molecule is CCC(C)c1nc(N(C)CC(C)(C)C)sc1CO. The summed E-state index contributed by atoms with van der Waals surface area (Å²) in [5.41, 5.74) is 1.32. The van der Waals surface area contributed by atoms with Gasteiger partial charge in [0, 0.05) is 13.6 Å². The first-order valence-electron chi connectivity index (χ1n) is 6.60. The quantitative estimate of drug-likeness (QED) is 0.887. The Bertz CT molecular complexity index is 382. The number of anilines is 1. The highest BCUT2D eigenvalue weighted by molar-refractivity contribution is 7.15. The fourth-order valence-electron chi connectivity index (χ4n) is 1.98. The number of rotatable bonds is 5. The second kappa shape index (κ2) is 6.02. The molecule has 4 heteroatoms. The molecular formula is C14H26N2OS. The molecule has 1 aromatic rings. The van der Waals surface area contributed by atoms with Crippen LogP contribution in [0.4, 0.5) is 5.13 Å². The second-order valence-electron chi connectivity index (χ2n) is 6.19. The molecular weight excluding hydrogens is 244 g/mol. The lowest BCUT2D eigenvalue weighted by molar-refractivity contribution is 0.283. The van der Waals surface area contributed by atoms with Gasteiger partial charge in [0.1, 0.15) is 0 Å². The van der Waals surface area contributed by atoms with Crippen molar-refractivity contribution in [3.05, 3.63) is 10.6 Å². The fourth-order valence-corrected chi connectivity index (χ4v) is 2.99. The highest BCUT2D eigenvalue weighted by Gasteiger charge is 2.20. The summed E-state index contributed by atoms with van der Waals surface area (Å²) in [6, 6.07) is 0. The molecule has 0 amide bonds. The number of aliphatic hydroxyl groups excluding tert-OH is 1. The van der Waals surface area contributed by atoms with Crippen LogP contribution in [-0.4, -0.2) is 23.7 Å². The van der Waals surface area contributed by atoms with Gasteiger partial charge in [0.2, 0.25) is 0 Å². The summed E-state index contributed by atoms with van der Waals surface area (Å²) in [6.45, 7) is 12.1. The van der Waals surface area contributed by atoms with E-state index in [9.17, 15) is 5.11 Å². The Balaban J connectivity index is 2.94. The van der Waals surface area contributed by atoms with Crippen LogP contribution in [0.3, 0.4) is 0 Å². The normalized spacial score (nSPS) is 13.7. The molecule has 0 aliphatic heterocycles. The van der Waals surface area contributed by atoms with Crippen molar-refractivity contribution in [1.29, 1.82) is 0 Å². The van der Waals surface area contributed by atoms with Crippen LogP contribution in [0.1, 0.15) is 57.5 Å². The maximum absolute atomic E-state index is 9.44. The van der Waals surface area contributed by atoms with Gasteiger partial charge in [0.25, 0.3) is 0 Å². The molecule has 18 heavy (non-hydrogen) atoms. The van der Waals surface area contributed by atoms with E-state index in [1.54, 1.807) is 11.3 Å². The molecule has 0 aliphatic carbocycles. The molecule has 0 fully saturated rings. The molecule has 0 saturated heterocycles. The predicted molar refractivity (Wildman–Crippen MR) is 79.5 cm³/mol. The van der Waals surface area contributed by atoms with Crippen molar-refractivity contribution in [3.8, 4) is 0 Å². The Kier molecular flexibility index (Phi) is 5.17. The van der Waals surface area contributed by atoms with E-state index in [0.29, 0.717) is 5.92 Å². The zero-order valence-corrected chi connectivity index (χ0v) is 13.3. The van der Waals surface area contributed by atoms with Crippen LogP contribution in [0.5, 0.6) is 0 Å². The zero-order valence-electron chi connectivity index (χ0n) is 12.4. The molecule has 1 heterocycles. The third-order valence-corrected chi connectivity index (χ3v) is 4.15. The molecule has 0 aliphatic rings. The first kappa shape index (κ1) is 15.4. The minimum absolute atomic E-state index is 0.0979. The highest BCUT2D eigenvalue weighted by Crippen LogP contribution is 2.32. The Morgan fingerprint density at radius 2 is 2.00 bits per heavy atom. The average Bonchev–Trinajstić information content (AvgIpc) is 2.69. The van der Waals surface area contributed by atoms with Crippen LogP contribution in [0.2, 0.25) is 0 Å². The van der Waals surface area contributed by atoms with Crippen molar-refractivity contribution in [2.24, 2.45) is 5.41 Å². The first-order valence-corrected chi connectivity index (χ1v) is 7.41. The summed E-state index contributed by atoms with van der Waals surface area (Å²) < 4.78 is 0. The molecule has 0 spiro atoms. The molecule has 1 unspecified atom stereocenters. The van der Waals surface area contributed by atoms with Gasteiger partial charge < -0.3 is 10.0 Å². The minimum atomic E-state index is 0.0979. The Hall–Kier alpha value is -0.610. The van der Waals surface area contributed by atoms with Gasteiger partial charge in [0.05, 0.1) is 17.2 Å². The van der Waals surface area contributed by atoms with Crippen molar-refractivity contribution in [2.45, 2.75) is 53.6 Å². The van der Waals surface area contributed by atoms with Gasteiger partial charge in [-0.15, -0.1) is 0 Å². The Labute approximate surface area is 115 Å². The van der Waals surface area contributed by atoms with Gasteiger partial charge in [-0.3, -0.25) is 0 Å². The standard InChI is InChI=1S/C14H26N2OS/c1-7-10(2)12-11(8-17)18-13(15-12)16(6)9-14(3,4)5/h10,17H,7-9H2,1-6H3. The first-order chi connectivity index (χ1) is 8.28. The van der Waals surface area contributed by atoms with E-state index in [2.05, 4.69) is 46.6 Å². The van der Waals surface area contributed by atoms with Crippen molar-refractivity contribution < 1.29 is 5.11 Å². The lowest BCUT2D eigenvalue weighted by Gasteiger charge is -2.26. The molecule has 1 rings (SSSR count). The molecule has 3 nitrogen and oxygen atoms in total. The van der Waals surface area contributed by atoms with Crippen molar-refractivity contribution in [1.82, 2.24) is 4.98 Å². The Morgan fingerprint density at radius 1 is 1.39 bits per heavy atom. The third-order valence-electron chi connectivity index (χ3n) is 2.98. The topological polar surface area (TPSA) is 36.4 Å². The van der Waals surface area contributed by atoms with Crippen LogP contribution >= 0.6 is 11.3 Å². The van der Waals surface area contributed by atoms with Crippen LogP contribution < -0.4 is 4.90 Å². The maximum Gasteiger partial charge on any atom is 0.185 e. The summed E-state index contributed by atoms with van der Waals surface area (Å²) in [5.74, 6) is 0.417. The molecule has 0 radical (unpaired) electrons. The van der Waals surface area contributed by atoms with E-state index in [0.717, 1.165) is 28.7 Å². The molecule has 1 aromatic heterocycles. The molecule has 1 atom stereocenters. The van der Waals surface area contributed by atoms with Gasteiger partial charge in [-0.25, -0.2) is 4.98 Å². The highest BCUT2D eigenvalue weighted by atomic mass is 32.1. The van der Waals surface area contributed by atoms with Gasteiger partial charge in [-0.1, -0.05) is 46.0 Å².